The largest absolute Gasteiger partial charge is 0.496 e. The summed E-state index contributed by atoms with van der Waals surface area (Å²) in [6.07, 6.45) is 4.24. The van der Waals surface area contributed by atoms with E-state index in [0.717, 1.165) is 11.6 Å². The molecule has 25 heavy (non-hydrogen) atoms. The Morgan fingerprint density at radius 3 is 2.40 bits per heavy atom. The summed E-state index contributed by atoms with van der Waals surface area (Å²) in [6.45, 7) is 1.66. The molecule has 0 aliphatic carbocycles. The van der Waals surface area contributed by atoms with E-state index in [2.05, 4.69) is 0 Å². The van der Waals surface area contributed by atoms with Gasteiger partial charge in [-0.15, -0.1) is 0 Å². The van der Waals surface area contributed by atoms with E-state index in [4.69, 9.17) is 21.4 Å². The number of carbonyl (C=O) groups excluding carboxylic acids is 1. The maximum absolute atomic E-state index is 12.4. The van der Waals surface area contributed by atoms with E-state index in [1.54, 1.807) is 43.3 Å². The quantitative estimate of drug-likeness (QED) is 0.600. The van der Waals surface area contributed by atoms with Crippen LogP contribution < -0.4 is 4.74 Å². The number of allylic oxidation sites excluding steroid dienone is 2. The summed E-state index contributed by atoms with van der Waals surface area (Å²) in [6, 6.07) is 12.0. The summed E-state index contributed by atoms with van der Waals surface area (Å²) in [5.41, 5.74) is 2.36. The fourth-order valence-corrected chi connectivity index (χ4v) is 2.40. The maximum Gasteiger partial charge on any atom is 0.328 e. The predicted molar refractivity (Wildman–Crippen MR) is 99.1 cm³/mol. The molecular formula is C20H17ClO4. The van der Waals surface area contributed by atoms with Crippen molar-refractivity contribution in [2.24, 2.45) is 0 Å². The van der Waals surface area contributed by atoms with Gasteiger partial charge in [-0.2, -0.15) is 0 Å². The van der Waals surface area contributed by atoms with Crippen LogP contribution in [0.15, 0.2) is 54.6 Å². The van der Waals surface area contributed by atoms with Gasteiger partial charge in [0.1, 0.15) is 5.75 Å². The number of methoxy groups -OCH3 is 1. The van der Waals surface area contributed by atoms with Crippen molar-refractivity contribution in [2.45, 2.75) is 6.92 Å². The first-order valence-corrected chi connectivity index (χ1v) is 7.86. The highest BCUT2D eigenvalue weighted by molar-refractivity contribution is 6.30. The third-order valence-corrected chi connectivity index (χ3v) is 3.80. The SMILES string of the molecule is COc1ccc(C(=O)/C=C/c2ccc(Cl)cc2)cc1/C(C)=C\C(=O)O. The van der Waals surface area contributed by atoms with E-state index in [0.29, 0.717) is 27.5 Å². The predicted octanol–water partition coefficient (Wildman–Crippen LogP) is 4.73. The zero-order valence-corrected chi connectivity index (χ0v) is 14.6. The molecular weight excluding hydrogens is 340 g/mol. The Hall–Kier alpha value is -2.85. The number of carbonyl (C=O) groups is 2. The summed E-state index contributed by atoms with van der Waals surface area (Å²) in [4.78, 5) is 23.3. The molecule has 2 aromatic rings. The first kappa shape index (κ1) is 18.5. The van der Waals surface area contributed by atoms with Crippen molar-refractivity contribution in [3.05, 3.63) is 76.3 Å². The van der Waals surface area contributed by atoms with Crippen molar-refractivity contribution in [1.82, 2.24) is 0 Å². The lowest BCUT2D eigenvalue weighted by molar-refractivity contribution is -0.131. The Balaban J connectivity index is 2.31. The molecule has 0 saturated carbocycles. The Kier molecular flexibility index (Phi) is 6.14. The van der Waals surface area contributed by atoms with Crippen molar-refractivity contribution in [1.29, 1.82) is 0 Å². The number of hydrogen-bond donors (Lipinski definition) is 1. The highest BCUT2D eigenvalue weighted by Gasteiger charge is 2.11. The molecule has 0 saturated heterocycles. The smallest absolute Gasteiger partial charge is 0.328 e. The molecule has 0 aromatic heterocycles. The summed E-state index contributed by atoms with van der Waals surface area (Å²) in [5, 5.41) is 9.54. The number of hydrogen-bond acceptors (Lipinski definition) is 3. The molecule has 5 heteroatoms. The van der Waals surface area contributed by atoms with Crippen LogP contribution in [-0.4, -0.2) is 24.0 Å². The summed E-state index contributed by atoms with van der Waals surface area (Å²) >= 11 is 5.83. The van der Waals surface area contributed by atoms with Crippen molar-refractivity contribution in [2.75, 3.05) is 7.11 Å². The van der Waals surface area contributed by atoms with Crippen LogP contribution in [0, 0.1) is 0 Å². The third-order valence-electron chi connectivity index (χ3n) is 3.55. The highest BCUT2D eigenvalue weighted by atomic mass is 35.5. The average Bonchev–Trinajstić information content (AvgIpc) is 2.59. The molecule has 4 nitrogen and oxygen atoms in total. The van der Waals surface area contributed by atoms with Gasteiger partial charge in [0.2, 0.25) is 0 Å². The Morgan fingerprint density at radius 2 is 1.80 bits per heavy atom. The lowest BCUT2D eigenvalue weighted by Gasteiger charge is -2.10. The standard InChI is InChI=1S/C20H17ClO4/c1-13(11-20(23)24)17-12-15(6-10-19(17)25-2)18(22)9-5-14-3-7-16(21)8-4-14/h3-12H,1-2H3,(H,23,24)/b9-5+,13-11-. The Morgan fingerprint density at radius 1 is 1.12 bits per heavy atom. The van der Waals surface area contributed by atoms with E-state index >= 15 is 0 Å². The van der Waals surface area contributed by atoms with E-state index in [-0.39, 0.29) is 5.78 Å². The zero-order valence-electron chi connectivity index (χ0n) is 13.8. The van der Waals surface area contributed by atoms with Crippen LogP contribution in [0.3, 0.4) is 0 Å². The van der Waals surface area contributed by atoms with Gasteiger partial charge in [0.25, 0.3) is 0 Å². The number of ether oxygens (including phenoxy) is 1. The highest BCUT2D eigenvalue weighted by Crippen LogP contribution is 2.27. The second-order valence-electron chi connectivity index (χ2n) is 5.33. The monoisotopic (exact) mass is 356 g/mol. The molecule has 1 N–H and O–H groups in total. The van der Waals surface area contributed by atoms with Crippen LogP contribution in [0.5, 0.6) is 5.75 Å². The van der Waals surface area contributed by atoms with E-state index in [1.807, 2.05) is 12.1 Å². The zero-order chi connectivity index (χ0) is 18.4. The van der Waals surface area contributed by atoms with Crippen LogP contribution in [0.2, 0.25) is 5.02 Å². The van der Waals surface area contributed by atoms with Crippen LogP contribution in [-0.2, 0) is 4.79 Å². The average molecular weight is 357 g/mol. The van der Waals surface area contributed by atoms with Gasteiger partial charge < -0.3 is 9.84 Å². The molecule has 0 aliphatic heterocycles. The summed E-state index contributed by atoms with van der Waals surface area (Å²) in [7, 11) is 1.49. The van der Waals surface area contributed by atoms with Gasteiger partial charge >= 0.3 is 5.97 Å². The second-order valence-corrected chi connectivity index (χ2v) is 5.77. The number of ketones is 1. The van der Waals surface area contributed by atoms with E-state index in [1.165, 1.54) is 13.2 Å². The van der Waals surface area contributed by atoms with E-state index < -0.39 is 5.97 Å². The van der Waals surface area contributed by atoms with Gasteiger partial charge in [0.15, 0.2) is 5.78 Å². The fraction of sp³-hybridized carbons (Fsp3) is 0.100. The minimum atomic E-state index is -1.06. The van der Waals surface area contributed by atoms with Crippen molar-refractivity contribution < 1.29 is 19.4 Å². The Bertz CT molecular complexity index is 848. The molecule has 0 aliphatic rings. The van der Waals surface area contributed by atoms with Gasteiger partial charge in [-0.25, -0.2) is 4.79 Å². The van der Waals surface area contributed by atoms with Crippen LogP contribution >= 0.6 is 11.6 Å². The molecule has 2 rings (SSSR count). The van der Waals surface area contributed by atoms with Gasteiger partial charge in [-0.3, -0.25) is 4.79 Å². The Labute approximate surface area is 151 Å². The summed E-state index contributed by atoms with van der Waals surface area (Å²) < 4.78 is 5.25. The van der Waals surface area contributed by atoms with Crippen LogP contribution in [0.1, 0.15) is 28.4 Å². The lowest BCUT2D eigenvalue weighted by atomic mass is 10.00. The summed E-state index contributed by atoms with van der Waals surface area (Å²) in [5.74, 6) is -0.742. The number of carboxylic acids is 1. The van der Waals surface area contributed by atoms with Crippen molar-refractivity contribution in [3.8, 4) is 5.75 Å². The molecule has 0 radical (unpaired) electrons. The van der Waals surface area contributed by atoms with Gasteiger partial charge in [-0.1, -0.05) is 29.8 Å². The minimum Gasteiger partial charge on any atom is -0.496 e. The second kappa shape index (κ2) is 8.31. The fourth-order valence-electron chi connectivity index (χ4n) is 2.27. The number of rotatable bonds is 6. The maximum atomic E-state index is 12.4. The molecule has 0 spiro atoms. The number of aliphatic carboxylic acids is 1. The van der Waals surface area contributed by atoms with E-state index in [9.17, 15) is 9.59 Å². The van der Waals surface area contributed by atoms with Gasteiger partial charge in [0.05, 0.1) is 7.11 Å². The number of halogens is 1. The molecule has 0 atom stereocenters. The van der Waals surface area contributed by atoms with Gasteiger partial charge in [0, 0.05) is 22.2 Å². The molecule has 0 unspecified atom stereocenters. The number of carboxylic acid groups (broad SMARTS) is 1. The van der Waals surface area contributed by atoms with Crippen molar-refractivity contribution >= 4 is 35.0 Å². The molecule has 2 aromatic carbocycles. The molecule has 0 bridgehead atoms. The van der Waals surface area contributed by atoms with Crippen LogP contribution in [0.4, 0.5) is 0 Å². The third kappa shape index (κ3) is 5.06. The number of benzene rings is 2. The first-order valence-electron chi connectivity index (χ1n) is 7.48. The van der Waals surface area contributed by atoms with Crippen LogP contribution in [0.25, 0.3) is 11.6 Å². The normalized spacial score (nSPS) is 11.6. The molecule has 0 heterocycles. The van der Waals surface area contributed by atoms with Gasteiger partial charge in [-0.05, 0) is 54.5 Å². The first-order chi connectivity index (χ1) is 11.9. The molecule has 0 amide bonds. The molecule has 0 fully saturated rings. The molecule has 128 valence electrons. The lowest BCUT2D eigenvalue weighted by Crippen LogP contribution is -1.99. The van der Waals surface area contributed by atoms with Crippen molar-refractivity contribution in [3.63, 3.8) is 0 Å². The minimum absolute atomic E-state index is 0.193. The topological polar surface area (TPSA) is 63.6 Å².